The Kier molecular flexibility index (Phi) is 9.93. The molecule has 6 rings (SSSR count). The van der Waals surface area contributed by atoms with E-state index in [1.54, 1.807) is 11.1 Å². The molecule has 0 aromatic heterocycles. The third kappa shape index (κ3) is 6.26. The van der Waals surface area contributed by atoms with Crippen LogP contribution in [-0.4, -0.2) is 24.6 Å². The summed E-state index contributed by atoms with van der Waals surface area (Å²) in [6.07, 6.45) is 16.7. The molecule has 43 heavy (non-hydrogen) atoms. The number of esters is 1. The first-order chi connectivity index (χ1) is 20.8. The summed E-state index contributed by atoms with van der Waals surface area (Å²) in [5.41, 5.74) is 8.27. The van der Waals surface area contributed by atoms with Crippen LogP contribution in [-0.2, 0) is 38.0 Å². The lowest BCUT2D eigenvalue weighted by atomic mass is 9.59. The Morgan fingerprint density at radius 3 is 1.79 bits per heavy atom. The number of rotatable bonds is 5. The number of ether oxygens (including phenoxy) is 1. The van der Waals surface area contributed by atoms with Crippen molar-refractivity contribution in [2.45, 2.75) is 134 Å². The van der Waals surface area contributed by atoms with Gasteiger partial charge in [-0.25, -0.2) is 4.79 Å². The van der Waals surface area contributed by atoms with E-state index < -0.39 is 0 Å². The van der Waals surface area contributed by atoms with Crippen LogP contribution in [0.4, 0.5) is 0 Å². The minimum Gasteiger partial charge on any atom is -0.465 e. The van der Waals surface area contributed by atoms with Crippen LogP contribution in [0.1, 0.15) is 142 Å². The highest BCUT2D eigenvalue weighted by Crippen LogP contribution is 2.52. The van der Waals surface area contributed by atoms with E-state index in [0.29, 0.717) is 40.8 Å². The maximum Gasteiger partial charge on any atom is 0.337 e. The maximum absolute atomic E-state index is 12.0. The normalized spacial score (nSPS) is 28.1. The monoisotopic (exact) mass is 584 g/mol. The quantitative estimate of drug-likeness (QED) is 0.329. The molecule has 4 atom stereocenters. The molecule has 2 aromatic rings. The van der Waals surface area contributed by atoms with Crippen LogP contribution in [0.15, 0.2) is 36.4 Å². The van der Waals surface area contributed by atoms with Crippen molar-refractivity contribution in [1.29, 1.82) is 0 Å². The first-order valence-electron chi connectivity index (χ1n) is 17.1. The average Bonchev–Trinajstić information content (AvgIpc) is 3.24. The maximum atomic E-state index is 12.0. The number of benzene rings is 2. The molecule has 2 saturated carbocycles. The van der Waals surface area contributed by atoms with Crippen molar-refractivity contribution in [2.75, 3.05) is 7.11 Å². The molecule has 4 heteroatoms. The molecule has 4 aliphatic carbocycles. The number of fused-ring (bicyclic) bond motifs is 6. The van der Waals surface area contributed by atoms with Gasteiger partial charge in [0, 0.05) is 25.7 Å². The number of ketones is 2. The van der Waals surface area contributed by atoms with E-state index in [4.69, 9.17) is 4.74 Å². The SMILES string of the molecule is CCC[C@@]12CCC(=O)C[C@@H]1CCCc1cc(C(=O)OC)ccc12.CCC[C@@]12CCC(=O)C[C@@H]1CCCc1cc(C)ccc12. The Labute approximate surface area is 259 Å². The fourth-order valence-corrected chi connectivity index (χ4v) is 9.59. The Hall–Kier alpha value is -2.75. The summed E-state index contributed by atoms with van der Waals surface area (Å²) >= 11 is 0. The molecule has 0 aliphatic heterocycles. The lowest BCUT2D eigenvalue weighted by Crippen LogP contribution is -2.40. The number of hydrogen-bond donors (Lipinski definition) is 0. The predicted molar refractivity (Wildman–Crippen MR) is 173 cm³/mol. The standard InChI is InChI=1S/C20H26O3.C19H26O/c1-3-10-20-11-9-17(21)13-16(20)6-4-5-14-12-15(19(22)23-2)7-8-18(14)20;1-3-10-19-11-9-17(20)13-16(19)6-4-5-15-12-14(2)7-8-18(15)19/h7-8,12,16H,3-6,9-11,13H2,1-2H3;7-8,12,16H,3-6,9-11,13H2,1-2H3/t16-,20+;16-,19+/m00/s1. The Balaban J connectivity index is 0.000000173. The number of carbonyl (C=O) groups excluding carboxylic acids is 3. The van der Waals surface area contributed by atoms with Crippen molar-refractivity contribution in [3.63, 3.8) is 0 Å². The van der Waals surface area contributed by atoms with Gasteiger partial charge in [0.05, 0.1) is 12.7 Å². The van der Waals surface area contributed by atoms with Gasteiger partial charge in [0.2, 0.25) is 0 Å². The number of Topliss-reactive ketones (excluding diaryl/α,β-unsaturated/α-hetero) is 2. The van der Waals surface area contributed by atoms with E-state index in [9.17, 15) is 14.4 Å². The van der Waals surface area contributed by atoms with Crippen LogP contribution in [0.25, 0.3) is 0 Å². The molecule has 4 nitrogen and oxygen atoms in total. The number of aryl methyl sites for hydroxylation is 3. The van der Waals surface area contributed by atoms with Crippen molar-refractivity contribution >= 4 is 17.5 Å². The highest BCUT2D eigenvalue weighted by atomic mass is 16.5. The predicted octanol–water partition coefficient (Wildman–Crippen LogP) is 8.96. The van der Waals surface area contributed by atoms with E-state index >= 15 is 0 Å². The Morgan fingerprint density at radius 1 is 0.767 bits per heavy atom. The van der Waals surface area contributed by atoms with Crippen LogP contribution in [0.2, 0.25) is 0 Å². The fourth-order valence-electron chi connectivity index (χ4n) is 9.59. The van der Waals surface area contributed by atoms with E-state index in [2.05, 4.69) is 45.0 Å². The van der Waals surface area contributed by atoms with Gasteiger partial charge in [-0.2, -0.15) is 0 Å². The molecule has 0 N–H and O–H groups in total. The Bertz CT molecular complexity index is 1340. The van der Waals surface area contributed by atoms with E-state index in [1.807, 2.05) is 12.1 Å². The van der Waals surface area contributed by atoms with Crippen molar-refractivity contribution < 1.29 is 19.1 Å². The summed E-state index contributed by atoms with van der Waals surface area (Å²) in [7, 11) is 1.43. The molecule has 2 fully saturated rings. The van der Waals surface area contributed by atoms with Crippen molar-refractivity contribution in [3.8, 4) is 0 Å². The summed E-state index contributed by atoms with van der Waals surface area (Å²) in [5.74, 6) is 1.71. The zero-order valence-corrected chi connectivity index (χ0v) is 27.1. The Morgan fingerprint density at radius 2 is 1.28 bits per heavy atom. The minimum absolute atomic E-state index is 0.128. The number of hydrogen-bond acceptors (Lipinski definition) is 4. The lowest BCUT2D eigenvalue weighted by molar-refractivity contribution is -0.124. The van der Waals surface area contributed by atoms with Crippen LogP contribution in [0, 0.1) is 18.8 Å². The first kappa shape index (κ1) is 31.7. The molecular weight excluding hydrogens is 532 g/mol. The molecule has 4 aliphatic rings. The van der Waals surface area contributed by atoms with Gasteiger partial charge in [-0.3, -0.25) is 9.59 Å². The summed E-state index contributed by atoms with van der Waals surface area (Å²) in [6.45, 7) is 6.72. The van der Waals surface area contributed by atoms with Crippen LogP contribution in [0.5, 0.6) is 0 Å². The fraction of sp³-hybridized carbons (Fsp3) is 0.615. The molecule has 232 valence electrons. The van der Waals surface area contributed by atoms with Gasteiger partial charge in [0.25, 0.3) is 0 Å². The summed E-state index contributed by atoms with van der Waals surface area (Å²) in [4.78, 5) is 35.8. The summed E-state index contributed by atoms with van der Waals surface area (Å²) in [6, 6.07) is 13.1. The zero-order chi connectivity index (χ0) is 30.6. The number of methoxy groups -OCH3 is 1. The minimum atomic E-state index is -0.267. The van der Waals surface area contributed by atoms with Crippen LogP contribution >= 0.6 is 0 Å². The largest absolute Gasteiger partial charge is 0.465 e. The molecular formula is C39H52O4. The van der Waals surface area contributed by atoms with Crippen molar-refractivity contribution in [1.82, 2.24) is 0 Å². The molecule has 2 aromatic carbocycles. The summed E-state index contributed by atoms with van der Waals surface area (Å²) < 4.78 is 4.87. The lowest BCUT2D eigenvalue weighted by Gasteiger charge is -2.44. The van der Waals surface area contributed by atoms with Crippen molar-refractivity contribution in [3.05, 3.63) is 69.8 Å². The zero-order valence-electron chi connectivity index (χ0n) is 27.1. The van der Waals surface area contributed by atoms with Crippen LogP contribution < -0.4 is 0 Å². The van der Waals surface area contributed by atoms with Gasteiger partial charge in [-0.05, 0) is 128 Å². The molecule has 0 amide bonds. The van der Waals surface area contributed by atoms with Gasteiger partial charge in [-0.1, -0.05) is 56.5 Å². The third-order valence-corrected chi connectivity index (χ3v) is 11.5. The van der Waals surface area contributed by atoms with Crippen molar-refractivity contribution in [2.24, 2.45) is 11.8 Å². The smallest absolute Gasteiger partial charge is 0.337 e. The molecule has 0 bridgehead atoms. The van der Waals surface area contributed by atoms with E-state index in [-0.39, 0.29) is 11.4 Å². The number of carbonyl (C=O) groups is 3. The van der Waals surface area contributed by atoms with Gasteiger partial charge in [0.15, 0.2) is 0 Å². The van der Waals surface area contributed by atoms with Gasteiger partial charge in [0.1, 0.15) is 11.6 Å². The average molecular weight is 585 g/mol. The second-order valence-electron chi connectivity index (χ2n) is 14.0. The van der Waals surface area contributed by atoms with Crippen LogP contribution in [0.3, 0.4) is 0 Å². The van der Waals surface area contributed by atoms with E-state index in [0.717, 1.165) is 64.2 Å². The molecule has 0 saturated heterocycles. The highest BCUT2D eigenvalue weighted by Gasteiger charge is 2.46. The summed E-state index contributed by atoms with van der Waals surface area (Å²) in [5, 5.41) is 0. The first-order valence-corrected chi connectivity index (χ1v) is 17.1. The topological polar surface area (TPSA) is 60.4 Å². The molecule has 0 unspecified atom stereocenters. The van der Waals surface area contributed by atoms with Gasteiger partial charge < -0.3 is 4.74 Å². The molecule has 0 radical (unpaired) electrons. The van der Waals surface area contributed by atoms with E-state index in [1.165, 1.54) is 55.9 Å². The second-order valence-corrected chi connectivity index (χ2v) is 14.0. The second kappa shape index (κ2) is 13.5. The third-order valence-electron chi connectivity index (χ3n) is 11.5. The molecule has 0 heterocycles. The molecule has 0 spiro atoms. The van der Waals surface area contributed by atoms with Gasteiger partial charge in [-0.15, -0.1) is 0 Å². The highest BCUT2D eigenvalue weighted by molar-refractivity contribution is 5.89. The van der Waals surface area contributed by atoms with Gasteiger partial charge >= 0.3 is 5.97 Å².